The molecule has 1 aromatic carbocycles. The molecule has 3 aromatic rings. The van der Waals surface area contributed by atoms with Gasteiger partial charge in [0.2, 0.25) is 17.7 Å². The maximum atomic E-state index is 14.2. The summed E-state index contributed by atoms with van der Waals surface area (Å²) in [4.78, 5) is 23.8. The standard InChI is InChI=1S/C22H23FN6O3/c1-2-19(31)26-15-6-5-7-16(12-15)27-21-18(23)14-25-22(29-21)28-17-8-9-20(24-13-17)32-11-4-3-10-30/h2,5-9,12-14,30H,1,3-4,10-11H2,(H,26,31)(H2,25,27,28,29). The second-order valence-corrected chi connectivity index (χ2v) is 6.58. The number of ether oxygens (including phenoxy) is 1. The van der Waals surface area contributed by atoms with Gasteiger partial charge in [0.05, 0.1) is 24.7 Å². The van der Waals surface area contributed by atoms with E-state index in [2.05, 4.69) is 37.5 Å². The number of hydrogen-bond donors (Lipinski definition) is 4. The monoisotopic (exact) mass is 438 g/mol. The Morgan fingerprint density at radius 3 is 2.69 bits per heavy atom. The van der Waals surface area contributed by atoms with Gasteiger partial charge < -0.3 is 25.8 Å². The molecule has 9 nitrogen and oxygen atoms in total. The fourth-order valence-electron chi connectivity index (χ4n) is 2.58. The molecule has 0 fully saturated rings. The summed E-state index contributed by atoms with van der Waals surface area (Å²) in [5.41, 5.74) is 1.65. The molecule has 10 heteroatoms. The molecule has 0 atom stereocenters. The van der Waals surface area contributed by atoms with Crippen molar-refractivity contribution in [2.24, 2.45) is 0 Å². The molecule has 3 rings (SSSR count). The van der Waals surface area contributed by atoms with Gasteiger partial charge >= 0.3 is 0 Å². The zero-order chi connectivity index (χ0) is 22.8. The maximum Gasteiger partial charge on any atom is 0.247 e. The molecule has 0 bridgehead atoms. The highest BCUT2D eigenvalue weighted by atomic mass is 19.1. The Kier molecular flexibility index (Phi) is 8.04. The number of nitrogens with one attached hydrogen (secondary N) is 3. The highest BCUT2D eigenvalue weighted by Gasteiger charge is 2.09. The normalized spacial score (nSPS) is 10.3. The van der Waals surface area contributed by atoms with E-state index in [1.165, 1.54) is 0 Å². The molecule has 0 unspecified atom stereocenters. The fourth-order valence-corrected chi connectivity index (χ4v) is 2.58. The number of rotatable bonds is 11. The van der Waals surface area contributed by atoms with Crippen LogP contribution in [0.25, 0.3) is 0 Å². The fraction of sp³-hybridized carbons (Fsp3) is 0.182. The largest absolute Gasteiger partial charge is 0.478 e. The SMILES string of the molecule is C=CC(=O)Nc1cccc(Nc2nc(Nc3ccc(OCCCCO)nc3)ncc2F)c1. The molecule has 0 radical (unpaired) electrons. The van der Waals surface area contributed by atoms with Gasteiger partial charge in [0, 0.05) is 24.0 Å². The van der Waals surface area contributed by atoms with Crippen LogP contribution in [0.4, 0.5) is 33.2 Å². The summed E-state index contributed by atoms with van der Waals surface area (Å²) >= 11 is 0. The molecule has 2 heterocycles. The Morgan fingerprint density at radius 1 is 1.09 bits per heavy atom. The Morgan fingerprint density at radius 2 is 1.94 bits per heavy atom. The predicted octanol–water partition coefficient (Wildman–Crippen LogP) is 3.77. The minimum Gasteiger partial charge on any atom is -0.478 e. The van der Waals surface area contributed by atoms with Crippen LogP contribution in [0.3, 0.4) is 0 Å². The molecule has 1 amide bonds. The molecule has 0 aliphatic rings. The first-order valence-electron chi connectivity index (χ1n) is 9.87. The van der Waals surface area contributed by atoms with Crippen LogP contribution in [0.2, 0.25) is 0 Å². The molecule has 0 spiro atoms. The summed E-state index contributed by atoms with van der Waals surface area (Å²) in [5, 5.41) is 17.2. The van der Waals surface area contributed by atoms with Crippen LogP contribution >= 0.6 is 0 Å². The minimum atomic E-state index is -0.638. The Hall–Kier alpha value is -4.05. The van der Waals surface area contributed by atoms with Gasteiger partial charge in [0.15, 0.2) is 11.6 Å². The first-order chi connectivity index (χ1) is 15.6. The molecule has 0 aliphatic heterocycles. The van der Waals surface area contributed by atoms with Crippen molar-refractivity contribution in [1.82, 2.24) is 15.0 Å². The predicted molar refractivity (Wildman–Crippen MR) is 120 cm³/mol. The van der Waals surface area contributed by atoms with Crippen LogP contribution in [-0.4, -0.2) is 39.2 Å². The van der Waals surface area contributed by atoms with Crippen molar-refractivity contribution in [1.29, 1.82) is 0 Å². The number of anilines is 5. The number of amides is 1. The average molecular weight is 438 g/mol. The van der Waals surface area contributed by atoms with E-state index in [-0.39, 0.29) is 24.3 Å². The Labute approximate surface area is 184 Å². The first-order valence-corrected chi connectivity index (χ1v) is 9.87. The van der Waals surface area contributed by atoms with Crippen molar-refractivity contribution in [2.45, 2.75) is 12.8 Å². The van der Waals surface area contributed by atoms with Crippen LogP contribution in [0.1, 0.15) is 12.8 Å². The third kappa shape index (κ3) is 6.74. The highest BCUT2D eigenvalue weighted by molar-refractivity contribution is 5.99. The molecule has 0 saturated carbocycles. The van der Waals surface area contributed by atoms with Crippen molar-refractivity contribution in [3.05, 3.63) is 67.3 Å². The number of pyridine rings is 1. The van der Waals surface area contributed by atoms with Gasteiger partial charge in [-0.25, -0.2) is 14.4 Å². The lowest BCUT2D eigenvalue weighted by Gasteiger charge is -2.11. The number of aliphatic hydroxyl groups excluding tert-OH is 1. The van der Waals surface area contributed by atoms with Gasteiger partial charge in [-0.2, -0.15) is 4.98 Å². The van der Waals surface area contributed by atoms with E-state index in [1.54, 1.807) is 42.6 Å². The zero-order valence-electron chi connectivity index (χ0n) is 17.2. The van der Waals surface area contributed by atoms with Crippen molar-refractivity contribution in [2.75, 3.05) is 29.2 Å². The van der Waals surface area contributed by atoms with E-state index in [0.717, 1.165) is 18.7 Å². The number of hydrogen-bond acceptors (Lipinski definition) is 8. The van der Waals surface area contributed by atoms with Gasteiger partial charge in [0.1, 0.15) is 0 Å². The topological polar surface area (TPSA) is 121 Å². The minimum absolute atomic E-state index is 0.0357. The average Bonchev–Trinajstić information content (AvgIpc) is 2.80. The molecule has 4 N–H and O–H groups in total. The summed E-state index contributed by atoms with van der Waals surface area (Å²) in [6, 6.07) is 10.2. The summed E-state index contributed by atoms with van der Waals surface area (Å²) in [5.74, 6) is -0.396. The Balaban J connectivity index is 1.65. The van der Waals surface area contributed by atoms with Crippen molar-refractivity contribution in [3.8, 4) is 5.88 Å². The number of nitrogens with zero attached hydrogens (tertiary/aromatic N) is 3. The molecular weight excluding hydrogens is 415 g/mol. The molecule has 0 saturated heterocycles. The highest BCUT2D eigenvalue weighted by Crippen LogP contribution is 2.23. The smallest absolute Gasteiger partial charge is 0.247 e. The van der Waals surface area contributed by atoms with Gasteiger partial charge in [0.25, 0.3) is 0 Å². The van der Waals surface area contributed by atoms with E-state index in [9.17, 15) is 9.18 Å². The third-order valence-corrected chi connectivity index (χ3v) is 4.12. The van der Waals surface area contributed by atoms with Gasteiger partial charge in [-0.05, 0) is 43.2 Å². The van der Waals surface area contributed by atoms with Crippen molar-refractivity contribution in [3.63, 3.8) is 0 Å². The van der Waals surface area contributed by atoms with Crippen LogP contribution in [0.15, 0.2) is 61.4 Å². The van der Waals surface area contributed by atoms with Gasteiger partial charge in [-0.3, -0.25) is 4.79 Å². The molecular formula is C22H23FN6O3. The molecule has 0 aliphatic carbocycles. The molecule has 166 valence electrons. The van der Waals surface area contributed by atoms with Crippen LogP contribution in [-0.2, 0) is 4.79 Å². The first kappa shape index (κ1) is 22.6. The number of aromatic nitrogens is 3. The summed E-state index contributed by atoms with van der Waals surface area (Å²) < 4.78 is 19.7. The number of carbonyl (C=O) groups is 1. The summed E-state index contributed by atoms with van der Waals surface area (Å²) in [6.07, 6.45) is 5.17. The quantitative estimate of drug-likeness (QED) is 0.264. The van der Waals surface area contributed by atoms with Gasteiger partial charge in [-0.15, -0.1) is 0 Å². The van der Waals surface area contributed by atoms with Crippen molar-refractivity contribution < 1.29 is 19.0 Å². The van der Waals surface area contributed by atoms with Crippen molar-refractivity contribution >= 4 is 34.7 Å². The van der Waals surface area contributed by atoms with E-state index < -0.39 is 5.82 Å². The lowest BCUT2D eigenvalue weighted by molar-refractivity contribution is -0.111. The zero-order valence-corrected chi connectivity index (χ0v) is 17.2. The van der Waals surface area contributed by atoms with Gasteiger partial charge in [-0.1, -0.05) is 12.6 Å². The summed E-state index contributed by atoms with van der Waals surface area (Å²) in [7, 11) is 0. The third-order valence-electron chi connectivity index (χ3n) is 4.12. The lowest BCUT2D eigenvalue weighted by atomic mass is 10.2. The number of carbonyl (C=O) groups excluding carboxylic acids is 1. The number of halogens is 1. The second kappa shape index (κ2) is 11.4. The molecule has 32 heavy (non-hydrogen) atoms. The van der Waals surface area contributed by atoms with Crippen LogP contribution in [0, 0.1) is 5.82 Å². The number of benzene rings is 1. The maximum absolute atomic E-state index is 14.2. The molecule has 2 aromatic heterocycles. The second-order valence-electron chi connectivity index (χ2n) is 6.58. The van der Waals surface area contributed by atoms with E-state index >= 15 is 0 Å². The van der Waals surface area contributed by atoms with Crippen LogP contribution < -0.4 is 20.7 Å². The van der Waals surface area contributed by atoms with E-state index in [0.29, 0.717) is 36.0 Å². The number of unbranched alkanes of at least 4 members (excludes halogenated alkanes) is 1. The van der Waals surface area contributed by atoms with E-state index in [4.69, 9.17) is 9.84 Å². The number of aliphatic hydroxyl groups is 1. The Bertz CT molecular complexity index is 1060. The van der Waals surface area contributed by atoms with Crippen LogP contribution in [0.5, 0.6) is 5.88 Å². The lowest BCUT2D eigenvalue weighted by Crippen LogP contribution is -2.07. The summed E-state index contributed by atoms with van der Waals surface area (Å²) in [6.45, 7) is 4.00. The van der Waals surface area contributed by atoms with E-state index in [1.807, 2.05) is 0 Å².